The minimum atomic E-state index is -0.245. The zero-order chi connectivity index (χ0) is 26.1. The lowest BCUT2D eigenvalue weighted by molar-refractivity contribution is -0.140. The number of rotatable bonds is 10. The number of carbonyl (C=O) groups is 2. The number of carbonyl (C=O) groups excluding carboxylic acids is 2. The van der Waals surface area contributed by atoms with Crippen LogP contribution in [-0.2, 0) is 14.3 Å². The Hall–Kier alpha value is -3.78. The Kier molecular flexibility index (Phi) is 9.53. The van der Waals surface area contributed by atoms with Crippen LogP contribution in [0.25, 0.3) is 12.2 Å². The van der Waals surface area contributed by atoms with Crippen LogP contribution < -0.4 is 18.9 Å². The number of nitrogens with zero attached hydrogens (tertiary/aromatic N) is 1. The Labute approximate surface area is 212 Å². The average molecular weight is 496 g/mol. The first-order valence-corrected chi connectivity index (χ1v) is 11.6. The second-order valence-electron chi connectivity index (χ2n) is 8.29. The summed E-state index contributed by atoms with van der Waals surface area (Å²) in [5, 5.41) is 0. The second-order valence-corrected chi connectivity index (χ2v) is 8.29. The Morgan fingerprint density at radius 2 is 1.25 bits per heavy atom. The standard InChI is InChI=1S/C28H33NO7/c1-32-23-10-8-19(15-25(23)34-3)13-21-17-29(12-6-7-27(30)36-5)18-22(28(21)31)14-20-9-11-24(33-2)26(16-20)35-4/h8-11,13-16H,6-7,12,17-18H2,1-5H3. The normalized spacial score (nSPS) is 16.2. The third kappa shape index (κ3) is 6.66. The predicted molar refractivity (Wildman–Crippen MR) is 138 cm³/mol. The molecular formula is C28H33NO7. The van der Waals surface area contributed by atoms with Gasteiger partial charge in [0, 0.05) is 30.7 Å². The highest BCUT2D eigenvalue weighted by molar-refractivity contribution is 6.14. The lowest BCUT2D eigenvalue weighted by Gasteiger charge is -2.29. The van der Waals surface area contributed by atoms with Crippen LogP contribution >= 0.6 is 0 Å². The topological polar surface area (TPSA) is 83.5 Å². The van der Waals surface area contributed by atoms with E-state index in [0.717, 1.165) is 11.1 Å². The second kappa shape index (κ2) is 12.8. The van der Waals surface area contributed by atoms with Crippen molar-refractivity contribution >= 4 is 23.9 Å². The van der Waals surface area contributed by atoms with Crippen molar-refractivity contribution in [2.24, 2.45) is 0 Å². The molecule has 0 atom stereocenters. The van der Waals surface area contributed by atoms with E-state index in [0.29, 0.717) is 66.6 Å². The minimum Gasteiger partial charge on any atom is -0.493 e. The Bertz CT molecular complexity index is 1080. The molecule has 1 fully saturated rings. The van der Waals surface area contributed by atoms with Crippen molar-refractivity contribution in [3.63, 3.8) is 0 Å². The fraction of sp³-hybridized carbons (Fsp3) is 0.357. The van der Waals surface area contributed by atoms with Gasteiger partial charge in [-0.3, -0.25) is 14.5 Å². The first kappa shape index (κ1) is 26.8. The van der Waals surface area contributed by atoms with Gasteiger partial charge in [-0.1, -0.05) is 12.1 Å². The van der Waals surface area contributed by atoms with Crippen molar-refractivity contribution in [3.8, 4) is 23.0 Å². The smallest absolute Gasteiger partial charge is 0.305 e. The Morgan fingerprint density at radius 1 is 0.778 bits per heavy atom. The molecular weight excluding hydrogens is 462 g/mol. The van der Waals surface area contributed by atoms with E-state index >= 15 is 0 Å². The van der Waals surface area contributed by atoms with Gasteiger partial charge >= 0.3 is 5.97 Å². The summed E-state index contributed by atoms with van der Waals surface area (Å²) >= 11 is 0. The highest BCUT2D eigenvalue weighted by Crippen LogP contribution is 2.31. The number of esters is 1. The van der Waals surface area contributed by atoms with Crippen molar-refractivity contribution in [1.29, 1.82) is 0 Å². The summed E-state index contributed by atoms with van der Waals surface area (Å²) in [6.45, 7) is 1.59. The number of ketones is 1. The van der Waals surface area contributed by atoms with Crippen molar-refractivity contribution in [3.05, 3.63) is 58.7 Å². The van der Waals surface area contributed by atoms with Gasteiger partial charge in [-0.25, -0.2) is 0 Å². The zero-order valence-corrected chi connectivity index (χ0v) is 21.5. The van der Waals surface area contributed by atoms with Crippen LogP contribution in [0.3, 0.4) is 0 Å². The number of ether oxygens (including phenoxy) is 5. The van der Waals surface area contributed by atoms with E-state index in [1.807, 2.05) is 48.6 Å². The molecule has 36 heavy (non-hydrogen) atoms. The van der Waals surface area contributed by atoms with Gasteiger partial charge < -0.3 is 23.7 Å². The highest BCUT2D eigenvalue weighted by atomic mass is 16.5. The van der Waals surface area contributed by atoms with E-state index in [4.69, 9.17) is 23.7 Å². The predicted octanol–water partition coefficient (Wildman–Crippen LogP) is 4.03. The quantitative estimate of drug-likeness (QED) is 0.361. The third-order valence-corrected chi connectivity index (χ3v) is 5.95. The van der Waals surface area contributed by atoms with Crippen molar-refractivity contribution in [1.82, 2.24) is 4.90 Å². The molecule has 0 spiro atoms. The van der Waals surface area contributed by atoms with E-state index < -0.39 is 0 Å². The summed E-state index contributed by atoms with van der Waals surface area (Å²) in [7, 11) is 7.70. The molecule has 8 nitrogen and oxygen atoms in total. The number of hydrogen-bond acceptors (Lipinski definition) is 8. The first-order chi connectivity index (χ1) is 17.4. The van der Waals surface area contributed by atoms with Gasteiger partial charge in [0.05, 0.1) is 35.5 Å². The van der Waals surface area contributed by atoms with Crippen molar-refractivity contribution < 1.29 is 33.3 Å². The molecule has 0 aliphatic carbocycles. The van der Waals surface area contributed by atoms with E-state index in [-0.39, 0.29) is 11.8 Å². The van der Waals surface area contributed by atoms with Crippen LogP contribution in [0, 0.1) is 0 Å². The van der Waals surface area contributed by atoms with Gasteiger partial charge in [-0.05, 0) is 60.5 Å². The monoisotopic (exact) mass is 495 g/mol. The molecule has 1 aliphatic rings. The molecule has 0 radical (unpaired) electrons. The molecule has 8 heteroatoms. The SMILES string of the molecule is COC(=O)CCCN1CC(=Cc2ccc(OC)c(OC)c2)C(=O)C(=Cc2ccc(OC)c(OC)c2)C1. The molecule has 0 saturated carbocycles. The molecule has 1 aliphatic heterocycles. The number of Topliss-reactive ketones (excluding diaryl/α,β-unsaturated/α-hetero) is 1. The molecule has 0 amide bonds. The Morgan fingerprint density at radius 3 is 1.67 bits per heavy atom. The maximum absolute atomic E-state index is 13.5. The highest BCUT2D eigenvalue weighted by Gasteiger charge is 2.26. The number of methoxy groups -OCH3 is 5. The van der Waals surface area contributed by atoms with E-state index in [2.05, 4.69) is 4.90 Å². The molecule has 0 N–H and O–H groups in total. The fourth-order valence-electron chi connectivity index (χ4n) is 4.10. The lowest BCUT2D eigenvalue weighted by atomic mass is 9.94. The van der Waals surface area contributed by atoms with Gasteiger partial charge in [-0.2, -0.15) is 0 Å². The van der Waals surface area contributed by atoms with Gasteiger partial charge in [0.1, 0.15) is 0 Å². The molecule has 2 aromatic carbocycles. The molecule has 0 unspecified atom stereocenters. The average Bonchev–Trinajstić information content (AvgIpc) is 2.90. The zero-order valence-electron chi connectivity index (χ0n) is 21.5. The third-order valence-electron chi connectivity index (χ3n) is 5.95. The first-order valence-electron chi connectivity index (χ1n) is 11.6. The molecule has 1 heterocycles. The number of hydrogen-bond donors (Lipinski definition) is 0. The lowest BCUT2D eigenvalue weighted by Crippen LogP contribution is -2.38. The Balaban J connectivity index is 1.94. The summed E-state index contributed by atoms with van der Waals surface area (Å²) < 4.78 is 26.2. The number of piperidine rings is 1. The van der Waals surface area contributed by atoms with Crippen LogP contribution in [0.5, 0.6) is 23.0 Å². The molecule has 1 saturated heterocycles. The largest absolute Gasteiger partial charge is 0.493 e. The van der Waals surface area contributed by atoms with Gasteiger partial charge in [0.2, 0.25) is 0 Å². The van der Waals surface area contributed by atoms with Crippen LogP contribution in [0.4, 0.5) is 0 Å². The number of likely N-dealkylation sites (tertiary alicyclic amines) is 1. The van der Waals surface area contributed by atoms with Gasteiger partial charge in [-0.15, -0.1) is 0 Å². The molecule has 0 aromatic heterocycles. The summed E-state index contributed by atoms with van der Waals surface area (Å²) in [4.78, 5) is 27.3. The molecule has 3 rings (SSSR count). The fourth-order valence-corrected chi connectivity index (χ4v) is 4.10. The van der Waals surface area contributed by atoms with Gasteiger partial charge in [0.15, 0.2) is 28.8 Å². The summed E-state index contributed by atoms with van der Waals surface area (Å²) in [5.74, 6) is 2.15. The van der Waals surface area contributed by atoms with E-state index in [1.54, 1.807) is 28.4 Å². The van der Waals surface area contributed by atoms with Crippen LogP contribution in [0.1, 0.15) is 24.0 Å². The van der Waals surface area contributed by atoms with E-state index in [9.17, 15) is 9.59 Å². The van der Waals surface area contributed by atoms with Crippen LogP contribution in [0.15, 0.2) is 47.5 Å². The van der Waals surface area contributed by atoms with Crippen molar-refractivity contribution in [2.45, 2.75) is 12.8 Å². The maximum atomic E-state index is 13.5. The number of benzene rings is 2. The maximum Gasteiger partial charge on any atom is 0.305 e. The summed E-state index contributed by atoms with van der Waals surface area (Å²) in [6.07, 6.45) is 4.71. The minimum absolute atomic E-state index is 0.0243. The van der Waals surface area contributed by atoms with Crippen LogP contribution in [-0.4, -0.2) is 71.8 Å². The molecule has 2 aromatic rings. The summed E-state index contributed by atoms with van der Waals surface area (Å²) in [5.41, 5.74) is 2.97. The van der Waals surface area contributed by atoms with Gasteiger partial charge in [0.25, 0.3) is 0 Å². The van der Waals surface area contributed by atoms with E-state index in [1.165, 1.54) is 7.11 Å². The molecule has 0 bridgehead atoms. The summed E-state index contributed by atoms with van der Waals surface area (Å²) in [6, 6.07) is 11.1. The molecule has 192 valence electrons. The van der Waals surface area contributed by atoms with Crippen molar-refractivity contribution in [2.75, 3.05) is 55.2 Å². The van der Waals surface area contributed by atoms with Crippen LogP contribution in [0.2, 0.25) is 0 Å².